The first kappa shape index (κ1) is 25.2. The Balaban J connectivity index is 1.26. The summed E-state index contributed by atoms with van der Waals surface area (Å²) in [6, 6.07) is 14.0. The van der Waals surface area contributed by atoms with Crippen LogP contribution in [0.1, 0.15) is 23.7 Å². The third-order valence-electron chi connectivity index (χ3n) is 6.74. The average molecular weight is 516 g/mol. The molecule has 0 unspecified atom stereocenters. The number of hydrogen-bond acceptors (Lipinski definition) is 5. The third kappa shape index (κ3) is 5.16. The Morgan fingerprint density at radius 3 is 2.34 bits per heavy atom. The molecule has 1 atom stereocenters. The predicted molar refractivity (Wildman–Crippen MR) is 142 cm³/mol. The lowest BCUT2D eigenvalue weighted by Gasteiger charge is -2.36. The number of hydrogen-bond donors (Lipinski definition) is 3. The normalized spacial score (nSPS) is 15.8. The van der Waals surface area contributed by atoms with Crippen LogP contribution in [-0.2, 0) is 5.60 Å². The molecular weight excluding hydrogens is 488 g/mol. The van der Waals surface area contributed by atoms with Crippen LogP contribution in [0.3, 0.4) is 0 Å². The molecule has 1 fully saturated rings. The third-order valence-corrected chi connectivity index (χ3v) is 6.74. The average Bonchev–Trinajstić information content (AvgIpc) is 3.42. The fourth-order valence-corrected chi connectivity index (χ4v) is 4.54. The van der Waals surface area contributed by atoms with Crippen LogP contribution in [0.25, 0.3) is 11.1 Å². The van der Waals surface area contributed by atoms with Crippen LogP contribution in [0.4, 0.5) is 14.7 Å². The molecule has 8 nitrogen and oxygen atoms in total. The van der Waals surface area contributed by atoms with E-state index in [1.807, 2.05) is 17.0 Å². The molecule has 0 bridgehead atoms. The summed E-state index contributed by atoms with van der Waals surface area (Å²) in [5, 5.41) is 18.6. The number of piperazine rings is 1. The number of halogens is 2. The topological polar surface area (TPSA) is 104 Å². The number of rotatable bonds is 6. The molecule has 38 heavy (non-hydrogen) atoms. The number of aliphatic imine (C=N–C) groups is 1. The SMILES string of the molecule is C[C@](O)(c1ccc(F)cc1)c1cnc(N2CCN(/C(=N/C=N)c3cc(-c4cccc(F)c4)c[nH]3)CC2)nc1. The van der Waals surface area contributed by atoms with Crippen molar-refractivity contribution in [2.45, 2.75) is 12.5 Å². The van der Waals surface area contributed by atoms with Crippen LogP contribution in [0.2, 0.25) is 0 Å². The monoisotopic (exact) mass is 515 g/mol. The summed E-state index contributed by atoms with van der Waals surface area (Å²) in [5.41, 5.74) is 2.03. The minimum Gasteiger partial charge on any atom is -0.381 e. The Kier molecular flexibility index (Phi) is 6.97. The minimum atomic E-state index is -1.36. The van der Waals surface area contributed by atoms with Gasteiger partial charge in [-0.25, -0.2) is 23.7 Å². The van der Waals surface area contributed by atoms with E-state index in [2.05, 4.69) is 24.8 Å². The lowest BCUT2D eigenvalue weighted by molar-refractivity contribution is 0.101. The van der Waals surface area contributed by atoms with Gasteiger partial charge in [0.15, 0.2) is 5.84 Å². The molecular formula is C28H27F2N7O. The van der Waals surface area contributed by atoms with Crippen molar-refractivity contribution in [1.82, 2.24) is 19.9 Å². The zero-order chi connectivity index (χ0) is 26.7. The van der Waals surface area contributed by atoms with E-state index in [0.717, 1.165) is 23.2 Å². The van der Waals surface area contributed by atoms with E-state index in [1.54, 1.807) is 43.7 Å². The number of aromatic nitrogens is 3. The van der Waals surface area contributed by atoms with Crippen molar-refractivity contribution in [3.05, 3.63) is 102 Å². The van der Waals surface area contributed by atoms with E-state index >= 15 is 0 Å². The fraction of sp³-hybridized carbons (Fsp3) is 0.214. The van der Waals surface area contributed by atoms with Gasteiger partial charge in [0.1, 0.15) is 23.6 Å². The van der Waals surface area contributed by atoms with Crippen molar-refractivity contribution in [2.75, 3.05) is 31.1 Å². The maximum atomic E-state index is 13.7. The maximum absolute atomic E-state index is 13.7. The second kappa shape index (κ2) is 10.5. The first-order valence-corrected chi connectivity index (χ1v) is 12.2. The lowest BCUT2D eigenvalue weighted by Crippen LogP contribution is -2.49. The van der Waals surface area contributed by atoms with Gasteiger partial charge in [0.05, 0.1) is 5.69 Å². The van der Waals surface area contributed by atoms with E-state index in [0.29, 0.717) is 49.1 Å². The van der Waals surface area contributed by atoms with Gasteiger partial charge < -0.3 is 19.9 Å². The Morgan fingerprint density at radius 1 is 0.974 bits per heavy atom. The second-order valence-electron chi connectivity index (χ2n) is 9.22. The summed E-state index contributed by atoms with van der Waals surface area (Å²) in [6.45, 7) is 4.13. The lowest BCUT2D eigenvalue weighted by atomic mass is 9.90. The molecule has 1 saturated heterocycles. The van der Waals surface area contributed by atoms with E-state index in [9.17, 15) is 13.9 Å². The summed E-state index contributed by atoms with van der Waals surface area (Å²) < 4.78 is 27.0. The number of aliphatic hydroxyl groups is 1. The van der Waals surface area contributed by atoms with Crippen molar-refractivity contribution in [1.29, 1.82) is 5.41 Å². The van der Waals surface area contributed by atoms with Gasteiger partial charge >= 0.3 is 0 Å². The molecule has 194 valence electrons. The van der Waals surface area contributed by atoms with Crippen molar-refractivity contribution >= 4 is 18.1 Å². The largest absolute Gasteiger partial charge is 0.381 e. The summed E-state index contributed by atoms with van der Waals surface area (Å²) in [6.07, 6.45) is 6.00. The molecule has 5 rings (SSSR count). The highest BCUT2D eigenvalue weighted by Gasteiger charge is 2.28. The first-order valence-electron chi connectivity index (χ1n) is 12.2. The van der Waals surface area contributed by atoms with Crippen molar-refractivity contribution in [2.24, 2.45) is 4.99 Å². The number of aromatic amines is 1. The molecule has 10 heteroatoms. The van der Waals surface area contributed by atoms with E-state index in [1.165, 1.54) is 24.3 Å². The van der Waals surface area contributed by atoms with Gasteiger partial charge in [-0.1, -0.05) is 24.3 Å². The van der Waals surface area contributed by atoms with Crippen LogP contribution in [0.15, 0.2) is 78.2 Å². The molecule has 3 heterocycles. The molecule has 2 aromatic heterocycles. The standard InChI is InChI=1S/C28H27F2N7O/c1-28(38,21-5-7-23(29)8-6-21)22-16-33-27(34-17-22)37-11-9-36(10-12-37)26(35-18-31)25-14-20(15-32-25)19-3-2-4-24(30)13-19/h2-8,13-18,31-32,38H,9-12H2,1H3/b31-18?,35-26+/t28-/m0/s1. The number of H-pyrrole nitrogens is 1. The molecule has 0 saturated carbocycles. The first-order chi connectivity index (χ1) is 18.3. The highest BCUT2D eigenvalue weighted by molar-refractivity contribution is 6.01. The van der Waals surface area contributed by atoms with E-state index in [4.69, 9.17) is 5.41 Å². The Bertz CT molecular complexity index is 1440. The number of amidine groups is 1. The zero-order valence-corrected chi connectivity index (χ0v) is 20.8. The van der Waals surface area contributed by atoms with Crippen LogP contribution >= 0.6 is 0 Å². The van der Waals surface area contributed by atoms with Crippen LogP contribution in [0, 0.1) is 17.0 Å². The summed E-state index contributed by atoms with van der Waals surface area (Å²) in [4.78, 5) is 20.6. The molecule has 1 aliphatic rings. The van der Waals surface area contributed by atoms with Gasteiger partial charge in [-0.3, -0.25) is 5.41 Å². The van der Waals surface area contributed by atoms with Crippen LogP contribution in [-0.4, -0.2) is 63.3 Å². The smallest absolute Gasteiger partial charge is 0.225 e. The number of benzene rings is 2. The van der Waals surface area contributed by atoms with Crippen molar-refractivity contribution in [3.8, 4) is 11.1 Å². The van der Waals surface area contributed by atoms with Gasteiger partial charge in [0.25, 0.3) is 0 Å². The van der Waals surface area contributed by atoms with E-state index < -0.39 is 5.60 Å². The molecule has 2 aromatic carbocycles. The van der Waals surface area contributed by atoms with Gasteiger partial charge in [-0.15, -0.1) is 0 Å². The highest BCUT2D eigenvalue weighted by Crippen LogP contribution is 2.29. The molecule has 0 radical (unpaired) electrons. The Morgan fingerprint density at radius 2 is 1.68 bits per heavy atom. The van der Waals surface area contributed by atoms with Crippen molar-refractivity contribution in [3.63, 3.8) is 0 Å². The summed E-state index contributed by atoms with van der Waals surface area (Å²) >= 11 is 0. The highest BCUT2D eigenvalue weighted by atomic mass is 19.1. The predicted octanol–water partition coefficient (Wildman–Crippen LogP) is 4.18. The van der Waals surface area contributed by atoms with Crippen LogP contribution < -0.4 is 4.90 Å². The zero-order valence-electron chi connectivity index (χ0n) is 20.8. The second-order valence-corrected chi connectivity index (χ2v) is 9.22. The fourth-order valence-electron chi connectivity index (χ4n) is 4.54. The molecule has 4 aromatic rings. The Hall–Kier alpha value is -4.44. The molecule has 0 spiro atoms. The number of anilines is 1. The summed E-state index contributed by atoms with van der Waals surface area (Å²) in [5.74, 6) is 0.507. The number of nitrogens with zero attached hydrogens (tertiary/aromatic N) is 5. The molecule has 0 aliphatic carbocycles. The Labute approximate surface area is 218 Å². The quantitative estimate of drug-likeness (QED) is 0.264. The molecule has 1 aliphatic heterocycles. The maximum Gasteiger partial charge on any atom is 0.225 e. The molecule has 0 amide bonds. The van der Waals surface area contributed by atoms with Crippen molar-refractivity contribution < 1.29 is 13.9 Å². The van der Waals surface area contributed by atoms with E-state index in [-0.39, 0.29) is 11.6 Å². The minimum absolute atomic E-state index is 0.302. The number of nitrogens with one attached hydrogen (secondary N) is 2. The van der Waals surface area contributed by atoms with Gasteiger partial charge in [-0.05, 0) is 53.9 Å². The van der Waals surface area contributed by atoms with Gasteiger partial charge in [0, 0.05) is 50.3 Å². The van der Waals surface area contributed by atoms with Gasteiger partial charge in [0.2, 0.25) is 5.95 Å². The summed E-state index contributed by atoms with van der Waals surface area (Å²) in [7, 11) is 0. The van der Waals surface area contributed by atoms with Crippen LogP contribution in [0.5, 0.6) is 0 Å². The molecule has 3 N–H and O–H groups in total. The van der Waals surface area contributed by atoms with Gasteiger partial charge in [-0.2, -0.15) is 0 Å².